The van der Waals surface area contributed by atoms with Crippen LogP contribution in [0.1, 0.15) is 10.4 Å². The van der Waals surface area contributed by atoms with E-state index in [-0.39, 0.29) is 5.91 Å². The summed E-state index contributed by atoms with van der Waals surface area (Å²) in [6.45, 7) is 0. The van der Waals surface area contributed by atoms with Crippen molar-refractivity contribution in [2.24, 2.45) is 0 Å². The first-order valence-electron chi connectivity index (χ1n) is 6.25. The van der Waals surface area contributed by atoms with Gasteiger partial charge in [-0.1, -0.05) is 23.7 Å². The lowest BCUT2D eigenvalue weighted by Crippen LogP contribution is -2.12. The Labute approximate surface area is 140 Å². The Bertz CT molecular complexity index is 835. The second kappa shape index (κ2) is 5.99. The fourth-order valence-electron chi connectivity index (χ4n) is 2.08. The largest absolute Gasteiger partial charge is 0.320 e. The third-order valence-corrected chi connectivity index (χ3v) is 3.89. The van der Waals surface area contributed by atoms with E-state index in [4.69, 9.17) is 11.6 Å². The Morgan fingerprint density at radius 1 is 1.14 bits per heavy atom. The van der Waals surface area contributed by atoms with Gasteiger partial charge in [-0.3, -0.25) is 9.78 Å². The molecule has 0 spiro atoms. The van der Waals surface area contributed by atoms with Gasteiger partial charge in [0, 0.05) is 25.7 Å². The number of rotatable bonds is 2. The zero-order valence-electron chi connectivity index (χ0n) is 10.8. The van der Waals surface area contributed by atoms with Crippen molar-refractivity contribution >= 4 is 56.7 Å². The van der Waals surface area contributed by atoms with E-state index in [1.54, 1.807) is 18.3 Å². The maximum absolute atomic E-state index is 12.3. The van der Waals surface area contributed by atoms with E-state index >= 15 is 0 Å². The van der Waals surface area contributed by atoms with E-state index in [1.165, 1.54) is 0 Å². The van der Waals surface area contributed by atoms with Crippen molar-refractivity contribution in [2.45, 2.75) is 0 Å². The zero-order chi connectivity index (χ0) is 14.8. The second-order valence-electron chi connectivity index (χ2n) is 4.49. The number of anilines is 1. The van der Waals surface area contributed by atoms with Gasteiger partial charge >= 0.3 is 0 Å². The Morgan fingerprint density at radius 2 is 2.00 bits per heavy atom. The molecule has 0 fully saturated rings. The third-order valence-electron chi connectivity index (χ3n) is 3.00. The molecule has 0 aliphatic rings. The average Bonchev–Trinajstić information content (AvgIpc) is 2.47. The van der Waals surface area contributed by atoms with Crippen LogP contribution in [0.3, 0.4) is 0 Å². The standard InChI is InChI=1S/C16H10ClIN2O/c17-12-7-10-4-2-6-19-15(10)14(9-12)20-16(21)11-3-1-5-13(18)8-11/h1-9H,(H,20,21). The molecule has 0 atom stereocenters. The van der Waals surface area contributed by atoms with E-state index in [1.807, 2.05) is 36.4 Å². The average molecular weight is 409 g/mol. The number of nitrogens with one attached hydrogen (secondary N) is 1. The third kappa shape index (κ3) is 3.16. The minimum Gasteiger partial charge on any atom is -0.320 e. The minimum absolute atomic E-state index is 0.178. The number of pyridine rings is 1. The molecule has 1 amide bonds. The molecule has 3 rings (SSSR count). The molecule has 3 aromatic rings. The number of carbonyl (C=O) groups excluding carboxylic acids is 1. The number of fused-ring (bicyclic) bond motifs is 1. The van der Waals surface area contributed by atoms with Crippen molar-refractivity contribution in [1.82, 2.24) is 4.98 Å². The van der Waals surface area contributed by atoms with Gasteiger partial charge in [0.15, 0.2) is 0 Å². The maximum atomic E-state index is 12.3. The van der Waals surface area contributed by atoms with E-state index in [0.29, 0.717) is 16.3 Å². The van der Waals surface area contributed by atoms with Crippen molar-refractivity contribution < 1.29 is 4.79 Å². The van der Waals surface area contributed by atoms with Crippen LogP contribution in [0.4, 0.5) is 5.69 Å². The maximum Gasteiger partial charge on any atom is 0.255 e. The Kier molecular flexibility index (Phi) is 4.07. The molecule has 1 heterocycles. The van der Waals surface area contributed by atoms with Crippen LogP contribution in [-0.2, 0) is 0 Å². The normalized spacial score (nSPS) is 10.6. The van der Waals surface area contributed by atoms with Gasteiger partial charge in [-0.25, -0.2) is 0 Å². The quantitative estimate of drug-likeness (QED) is 0.622. The summed E-state index contributed by atoms with van der Waals surface area (Å²) in [6, 6.07) is 14.7. The summed E-state index contributed by atoms with van der Waals surface area (Å²) in [7, 11) is 0. The van der Waals surface area contributed by atoms with E-state index in [9.17, 15) is 4.79 Å². The highest BCUT2D eigenvalue weighted by Crippen LogP contribution is 2.26. The van der Waals surface area contributed by atoms with Gasteiger partial charge in [0.25, 0.3) is 5.91 Å². The highest BCUT2D eigenvalue weighted by atomic mass is 127. The molecule has 0 bridgehead atoms. The zero-order valence-corrected chi connectivity index (χ0v) is 13.7. The molecule has 3 nitrogen and oxygen atoms in total. The number of aromatic nitrogens is 1. The lowest BCUT2D eigenvalue weighted by atomic mass is 10.1. The van der Waals surface area contributed by atoms with Crippen LogP contribution in [0.5, 0.6) is 0 Å². The first-order valence-corrected chi connectivity index (χ1v) is 7.70. The number of amides is 1. The Hall–Kier alpha value is -1.66. The van der Waals surface area contributed by atoms with Gasteiger partial charge in [-0.2, -0.15) is 0 Å². The fraction of sp³-hybridized carbons (Fsp3) is 0. The minimum atomic E-state index is -0.178. The summed E-state index contributed by atoms with van der Waals surface area (Å²) in [4.78, 5) is 16.6. The summed E-state index contributed by atoms with van der Waals surface area (Å²) < 4.78 is 1.01. The number of hydrogen-bond donors (Lipinski definition) is 1. The highest BCUT2D eigenvalue weighted by molar-refractivity contribution is 14.1. The molecule has 2 aromatic carbocycles. The molecule has 104 valence electrons. The molecule has 0 aliphatic carbocycles. The van der Waals surface area contributed by atoms with E-state index in [2.05, 4.69) is 32.9 Å². The lowest BCUT2D eigenvalue weighted by Gasteiger charge is -2.09. The molecule has 0 saturated carbocycles. The second-order valence-corrected chi connectivity index (χ2v) is 6.18. The SMILES string of the molecule is O=C(Nc1cc(Cl)cc2cccnc12)c1cccc(I)c1. The van der Waals surface area contributed by atoms with Crippen molar-refractivity contribution in [3.63, 3.8) is 0 Å². The first-order chi connectivity index (χ1) is 10.1. The Morgan fingerprint density at radius 3 is 2.81 bits per heavy atom. The number of benzene rings is 2. The molecular weight excluding hydrogens is 399 g/mol. The predicted molar refractivity (Wildman–Crippen MR) is 93.9 cm³/mol. The van der Waals surface area contributed by atoms with Crippen LogP contribution < -0.4 is 5.32 Å². The molecule has 0 unspecified atom stereocenters. The van der Waals surface area contributed by atoms with Gasteiger partial charge in [0.1, 0.15) is 0 Å². The summed E-state index contributed by atoms with van der Waals surface area (Å²) in [6.07, 6.45) is 1.69. The number of halogens is 2. The summed E-state index contributed by atoms with van der Waals surface area (Å²) in [5.41, 5.74) is 1.94. The van der Waals surface area contributed by atoms with Crippen molar-refractivity contribution in [1.29, 1.82) is 0 Å². The van der Waals surface area contributed by atoms with Crippen LogP contribution in [0, 0.1) is 3.57 Å². The van der Waals surface area contributed by atoms with Crippen LogP contribution >= 0.6 is 34.2 Å². The molecule has 5 heteroatoms. The topological polar surface area (TPSA) is 42.0 Å². The van der Waals surface area contributed by atoms with Crippen molar-refractivity contribution in [2.75, 3.05) is 5.32 Å². The molecule has 0 saturated heterocycles. The van der Waals surface area contributed by atoms with Crippen LogP contribution in [0.15, 0.2) is 54.7 Å². The molecule has 1 aromatic heterocycles. The summed E-state index contributed by atoms with van der Waals surface area (Å²) in [5.74, 6) is -0.178. The van der Waals surface area contributed by atoms with Crippen LogP contribution in [0.25, 0.3) is 10.9 Å². The monoisotopic (exact) mass is 408 g/mol. The smallest absolute Gasteiger partial charge is 0.255 e. The molecule has 0 radical (unpaired) electrons. The lowest BCUT2D eigenvalue weighted by molar-refractivity contribution is 0.102. The molecule has 21 heavy (non-hydrogen) atoms. The van der Waals surface area contributed by atoms with Crippen molar-refractivity contribution in [3.05, 3.63) is 68.9 Å². The number of carbonyl (C=O) groups is 1. The van der Waals surface area contributed by atoms with Crippen molar-refractivity contribution in [3.8, 4) is 0 Å². The van der Waals surface area contributed by atoms with Crippen LogP contribution in [0.2, 0.25) is 5.02 Å². The predicted octanol–water partition coefficient (Wildman–Crippen LogP) is 4.75. The summed E-state index contributed by atoms with van der Waals surface area (Å²) in [5, 5.41) is 4.34. The highest BCUT2D eigenvalue weighted by Gasteiger charge is 2.10. The van der Waals surface area contributed by atoms with E-state index < -0.39 is 0 Å². The van der Waals surface area contributed by atoms with Gasteiger partial charge in [0.05, 0.1) is 11.2 Å². The van der Waals surface area contributed by atoms with Crippen LogP contribution in [-0.4, -0.2) is 10.9 Å². The Balaban J connectivity index is 2.00. The van der Waals surface area contributed by atoms with Gasteiger partial charge < -0.3 is 5.32 Å². The number of nitrogens with zero attached hydrogens (tertiary/aromatic N) is 1. The first kappa shape index (κ1) is 14.3. The molecule has 1 N–H and O–H groups in total. The van der Waals surface area contributed by atoms with E-state index in [0.717, 1.165) is 14.5 Å². The summed E-state index contributed by atoms with van der Waals surface area (Å²) >= 11 is 8.27. The van der Waals surface area contributed by atoms with Gasteiger partial charge in [0.2, 0.25) is 0 Å². The van der Waals surface area contributed by atoms with Gasteiger partial charge in [-0.05, 0) is 59.0 Å². The van der Waals surface area contributed by atoms with Gasteiger partial charge in [-0.15, -0.1) is 0 Å². The fourth-order valence-corrected chi connectivity index (χ4v) is 2.84. The molecule has 0 aliphatic heterocycles. The number of hydrogen-bond acceptors (Lipinski definition) is 2. The molecular formula is C16H10ClIN2O.